The van der Waals surface area contributed by atoms with Gasteiger partial charge in [0.25, 0.3) is 0 Å². The van der Waals surface area contributed by atoms with Crippen LogP contribution in [0, 0.1) is 6.92 Å². The molecule has 10 nitrogen and oxygen atoms in total. The third-order valence-electron chi connectivity index (χ3n) is 7.37. The fraction of sp³-hybridized carbons (Fsp3) is 0.393. The van der Waals surface area contributed by atoms with Crippen molar-refractivity contribution in [3.05, 3.63) is 59.4 Å². The van der Waals surface area contributed by atoms with Gasteiger partial charge in [0.05, 0.1) is 21.2 Å². The average molecular weight is 648 g/mol. The van der Waals surface area contributed by atoms with Crippen LogP contribution < -0.4 is 5.32 Å². The van der Waals surface area contributed by atoms with E-state index in [-0.39, 0.29) is 20.5 Å². The first kappa shape index (κ1) is 32.0. The summed E-state index contributed by atoms with van der Waals surface area (Å²) in [4.78, 5) is 8.90. The summed E-state index contributed by atoms with van der Waals surface area (Å²) in [5, 5.41) is 10.7. The molecule has 0 atom stereocenters. The lowest BCUT2D eigenvalue weighted by Crippen LogP contribution is -2.41. The van der Waals surface area contributed by atoms with Crippen LogP contribution in [-0.4, -0.2) is 64.0 Å². The molecule has 1 N–H and O–H groups in total. The fourth-order valence-electron chi connectivity index (χ4n) is 4.05. The summed E-state index contributed by atoms with van der Waals surface area (Å²) >= 11 is 1.50. The second kappa shape index (κ2) is 11.6. The maximum Gasteiger partial charge on any atom is 0.191 e. The van der Waals surface area contributed by atoms with E-state index < -0.39 is 28.0 Å². The number of rotatable bonds is 10. The fourth-order valence-corrected chi connectivity index (χ4v) is 7.28. The first-order valence-electron chi connectivity index (χ1n) is 13.3. The molecule has 0 bridgehead atoms. The van der Waals surface area contributed by atoms with Gasteiger partial charge in [-0.25, -0.2) is 31.5 Å². The predicted octanol–water partition coefficient (Wildman–Crippen LogP) is 5.81. The summed E-state index contributed by atoms with van der Waals surface area (Å²) < 4.78 is 58.2. The van der Waals surface area contributed by atoms with Crippen LogP contribution >= 0.6 is 11.3 Å². The van der Waals surface area contributed by atoms with E-state index in [2.05, 4.69) is 44.2 Å². The maximum atomic E-state index is 12.8. The van der Waals surface area contributed by atoms with E-state index >= 15 is 0 Å². The van der Waals surface area contributed by atoms with Crippen LogP contribution in [0.25, 0.3) is 16.4 Å². The second-order valence-corrected chi connectivity index (χ2v) is 21.5. The monoisotopic (exact) mass is 647 g/mol. The first-order chi connectivity index (χ1) is 19.4. The Bertz CT molecular complexity index is 1810. The molecule has 0 aliphatic heterocycles. The van der Waals surface area contributed by atoms with E-state index in [1.807, 2.05) is 30.6 Å². The number of pyridine rings is 1. The number of nitrogens with one attached hydrogen (secondary N) is 1. The Kier molecular flexibility index (Phi) is 8.87. The summed E-state index contributed by atoms with van der Waals surface area (Å²) in [6.45, 7) is 13.2. The molecular formula is C28H37N5O5S3Si. The predicted molar refractivity (Wildman–Crippen MR) is 170 cm³/mol. The average Bonchev–Trinajstić information content (AvgIpc) is 3.55. The molecular weight excluding hydrogens is 611 g/mol. The summed E-state index contributed by atoms with van der Waals surface area (Å²) in [7, 11) is -9.47. The Morgan fingerprint density at radius 2 is 1.76 bits per heavy atom. The number of hydrogen-bond acceptors (Lipinski definition) is 10. The molecule has 14 heteroatoms. The van der Waals surface area contributed by atoms with Crippen molar-refractivity contribution in [1.29, 1.82) is 0 Å². The number of hydrogen-bond donors (Lipinski definition) is 1. The normalized spacial score (nSPS) is 13.0. The van der Waals surface area contributed by atoms with Gasteiger partial charge in [-0.1, -0.05) is 20.8 Å². The molecule has 3 heterocycles. The zero-order valence-electron chi connectivity index (χ0n) is 25.1. The van der Waals surface area contributed by atoms with Crippen LogP contribution in [0.1, 0.15) is 32.0 Å². The Morgan fingerprint density at radius 1 is 1.05 bits per heavy atom. The number of nitrogens with zero attached hydrogens (tertiary/aromatic N) is 4. The van der Waals surface area contributed by atoms with Crippen LogP contribution in [0.4, 0.5) is 11.5 Å². The van der Waals surface area contributed by atoms with Gasteiger partial charge < -0.3 is 9.74 Å². The molecule has 3 aromatic heterocycles. The molecule has 1 aromatic carbocycles. The van der Waals surface area contributed by atoms with E-state index in [9.17, 15) is 16.8 Å². The molecule has 0 saturated carbocycles. The van der Waals surface area contributed by atoms with Crippen molar-refractivity contribution in [2.24, 2.45) is 0 Å². The van der Waals surface area contributed by atoms with Gasteiger partial charge in [-0.2, -0.15) is 5.10 Å². The van der Waals surface area contributed by atoms with Gasteiger partial charge in [0, 0.05) is 54.6 Å². The Hall–Kier alpha value is -2.91. The number of thiazole rings is 1. The first-order valence-corrected chi connectivity index (χ1v) is 20.9. The highest BCUT2D eigenvalue weighted by Gasteiger charge is 2.37. The molecule has 0 aliphatic carbocycles. The lowest BCUT2D eigenvalue weighted by atomic mass is 10.1. The Balaban J connectivity index is 1.83. The van der Waals surface area contributed by atoms with E-state index in [0.717, 1.165) is 34.5 Å². The lowest BCUT2D eigenvalue weighted by molar-refractivity contribution is 0.292. The Morgan fingerprint density at radius 3 is 2.36 bits per heavy atom. The molecule has 0 fully saturated rings. The van der Waals surface area contributed by atoms with E-state index in [1.165, 1.54) is 29.5 Å². The van der Waals surface area contributed by atoms with Gasteiger partial charge in [0.15, 0.2) is 28.0 Å². The summed E-state index contributed by atoms with van der Waals surface area (Å²) in [6, 6.07) is 7.84. The number of benzene rings is 1. The zero-order valence-corrected chi connectivity index (χ0v) is 28.5. The van der Waals surface area contributed by atoms with Gasteiger partial charge in [-0.15, -0.1) is 11.3 Å². The van der Waals surface area contributed by atoms with Gasteiger partial charge >= 0.3 is 0 Å². The SMILES string of the molecule is Cc1cc(-n2ccc(-c3nccs3)n2)c(CCO[Si](C)(C)C(C)(C)C)c(Nc2ccc(S(C)(=O)=O)cc2S(C)(=O)=O)n1. The van der Waals surface area contributed by atoms with Crippen molar-refractivity contribution in [3.63, 3.8) is 0 Å². The largest absolute Gasteiger partial charge is 0.416 e. The molecule has 0 unspecified atom stereocenters. The molecule has 4 aromatic rings. The number of anilines is 2. The van der Waals surface area contributed by atoms with Crippen LogP contribution in [0.2, 0.25) is 18.1 Å². The third kappa shape index (κ3) is 7.17. The van der Waals surface area contributed by atoms with Gasteiger partial charge in [-0.3, -0.25) is 0 Å². The van der Waals surface area contributed by atoms with Crippen LogP contribution in [0.3, 0.4) is 0 Å². The van der Waals surface area contributed by atoms with Crippen LogP contribution in [0.5, 0.6) is 0 Å². The van der Waals surface area contributed by atoms with Crippen molar-refractivity contribution in [2.45, 2.75) is 62.0 Å². The van der Waals surface area contributed by atoms with Crippen LogP contribution in [0.15, 0.2) is 57.9 Å². The molecule has 0 saturated heterocycles. The standard InChI is InChI=1S/C28H37N5O5S3Si/c1-19-17-24(33-14-11-23(32-33)27-29-13-16-39-27)21(12-15-38-42(7,8)28(2,3)4)26(30-19)31-22-10-9-20(40(5,34)35)18-25(22)41(6,36)37/h9-11,13-14,16-18H,12,15H2,1-8H3,(H,30,31). The molecule has 0 spiro atoms. The third-order valence-corrected chi connectivity index (χ3v) is 15.0. The highest BCUT2D eigenvalue weighted by Crippen LogP contribution is 2.37. The van der Waals surface area contributed by atoms with Crippen molar-refractivity contribution < 1.29 is 21.3 Å². The van der Waals surface area contributed by atoms with E-state index in [0.29, 0.717) is 24.5 Å². The molecule has 0 aliphatic rings. The van der Waals surface area contributed by atoms with Gasteiger partial charge in [-0.05, 0) is 55.4 Å². The summed E-state index contributed by atoms with van der Waals surface area (Å²) in [5.74, 6) is 0.437. The van der Waals surface area contributed by atoms with Gasteiger partial charge in [0.1, 0.15) is 16.5 Å². The van der Waals surface area contributed by atoms with Crippen molar-refractivity contribution in [3.8, 4) is 16.4 Å². The number of aromatic nitrogens is 4. The summed E-state index contributed by atoms with van der Waals surface area (Å²) in [6.07, 6.45) is 6.15. The molecule has 0 amide bonds. The number of sulfone groups is 2. The zero-order chi connectivity index (χ0) is 31.1. The lowest BCUT2D eigenvalue weighted by Gasteiger charge is -2.36. The number of aryl methyl sites for hydroxylation is 1. The maximum absolute atomic E-state index is 12.8. The molecule has 4 rings (SSSR count). The minimum atomic E-state index is -3.79. The Labute approximate surface area is 253 Å². The quantitative estimate of drug-likeness (QED) is 0.212. The van der Waals surface area contributed by atoms with Crippen LogP contribution in [-0.2, 0) is 30.5 Å². The smallest absolute Gasteiger partial charge is 0.191 e. The molecule has 0 radical (unpaired) electrons. The van der Waals surface area contributed by atoms with E-state index in [1.54, 1.807) is 10.9 Å². The second-order valence-electron chi connectivity index (χ2n) is 11.8. The minimum absolute atomic E-state index is 0.0266. The summed E-state index contributed by atoms with van der Waals surface area (Å²) in [5.41, 5.74) is 3.18. The highest BCUT2D eigenvalue weighted by atomic mass is 32.2. The highest BCUT2D eigenvalue weighted by molar-refractivity contribution is 7.91. The van der Waals surface area contributed by atoms with E-state index in [4.69, 9.17) is 14.5 Å². The van der Waals surface area contributed by atoms with Crippen molar-refractivity contribution >= 4 is 50.8 Å². The molecule has 42 heavy (non-hydrogen) atoms. The molecule has 226 valence electrons. The van der Waals surface area contributed by atoms with Gasteiger partial charge in [0.2, 0.25) is 0 Å². The van der Waals surface area contributed by atoms with Crippen molar-refractivity contribution in [1.82, 2.24) is 19.7 Å². The topological polar surface area (TPSA) is 133 Å². The van der Waals surface area contributed by atoms with Crippen molar-refractivity contribution in [2.75, 3.05) is 24.4 Å². The minimum Gasteiger partial charge on any atom is -0.416 e.